The lowest BCUT2D eigenvalue weighted by Gasteiger charge is -2.16. The van der Waals surface area contributed by atoms with Crippen molar-refractivity contribution >= 4 is 0 Å². The molecule has 19 heavy (non-hydrogen) atoms. The zero-order chi connectivity index (χ0) is 13.7. The molecular weight excluding hydrogens is 238 g/mol. The molecule has 0 amide bonds. The normalized spacial score (nSPS) is 17.6. The predicted molar refractivity (Wildman–Crippen MR) is 77.3 cm³/mol. The van der Waals surface area contributed by atoms with E-state index in [0.29, 0.717) is 19.3 Å². The zero-order valence-corrected chi connectivity index (χ0v) is 12.0. The highest BCUT2D eigenvalue weighted by atomic mass is 16.5. The maximum absolute atomic E-state index is 5.99. The van der Waals surface area contributed by atoms with E-state index in [1.807, 2.05) is 26.0 Å². The van der Waals surface area contributed by atoms with Crippen LogP contribution in [0, 0.1) is 0 Å². The number of hydrogen-bond donors (Lipinski definition) is 1. The zero-order valence-electron chi connectivity index (χ0n) is 12.0. The van der Waals surface area contributed by atoms with E-state index >= 15 is 0 Å². The fraction of sp³-hybridized carbons (Fsp3) is 0.625. The first-order chi connectivity index (χ1) is 9.20. The van der Waals surface area contributed by atoms with E-state index in [1.54, 1.807) is 0 Å². The van der Waals surface area contributed by atoms with Crippen LogP contribution in [0.3, 0.4) is 0 Å². The van der Waals surface area contributed by atoms with Gasteiger partial charge in [0.15, 0.2) is 0 Å². The van der Waals surface area contributed by atoms with Crippen LogP contribution in [-0.4, -0.2) is 12.7 Å². The van der Waals surface area contributed by atoms with Crippen LogP contribution in [-0.2, 0) is 11.3 Å². The lowest BCUT2D eigenvalue weighted by molar-refractivity contribution is 0.0443. The van der Waals surface area contributed by atoms with Crippen LogP contribution in [0.4, 0.5) is 0 Å². The summed E-state index contributed by atoms with van der Waals surface area (Å²) < 4.78 is 11.7. The van der Waals surface area contributed by atoms with E-state index in [4.69, 9.17) is 15.2 Å². The van der Waals surface area contributed by atoms with Gasteiger partial charge in [-0.2, -0.15) is 0 Å². The monoisotopic (exact) mass is 263 g/mol. The van der Waals surface area contributed by atoms with Gasteiger partial charge in [-0.15, -0.1) is 0 Å². The molecular formula is C16H25NO2. The van der Waals surface area contributed by atoms with Crippen LogP contribution in [0.2, 0.25) is 0 Å². The van der Waals surface area contributed by atoms with Crippen molar-refractivity contribution < 1.29 is 9.47 Å². The molecule has 0 radical (unpaired) electrons. The Balaban J connectivity index is 2.07. The van der Waals surface area contributed by atoms with Gasteiger partial charge in [0.2, 0.25) is 0 Å². The van der Waals surface area contributed by atoms with Crippen molar-refractivity contribution in [2.24, 2.45) is 5.73 Å². The lowest BCUT2D eigenvalue weighted by Crippen LogP contribution is -2.10. The highest BCUT2D eigenvalue weighted by molar-refractivity contribution is 5.38. The number of hydrogen-bond acceptors (Lipinski definition) is 3. The Morgan fingerprint density at radius 1 is 1.32 bits per heavy atom. The molecule has 1 unspecified atom stereocenters. The van der Waals surface area contributed by atoms with Gasteiger partial charge in [-0.05, 0) is 44.4 Å². The van der Waals surface area contributed by atoms with E-state index in [2.05, 4.69) is 6.07 Å². The Labute approximate surface area is 116 Å². The van der Waals surface area contributed by atoms with Gasteiger partial charge in [-0.25, -0.2) is 0 Å². The van der Waals surface area contributed by atoms with Crippen molar-refractivity contribution in [1.82, 2.24) is 0 Å². The predicted octanol–water partition coefficient (Wildman–Crippen LogP) is 3.56. The van der Waals surface area contributed by atoms with Gasteiger partial charge >= 0.3 is 0 Å². The van der Waals surface area contributed by atoms with Crippen molar-refractivity contribution in [3.05, 3.63) is 29.3 Å². The maximum Gasteiger partial charge on any atom is 0.124 e. The van der Waals surface area contributed by atoms with Crippen LogP contribution in [0.25, 0.3) is 0 Å². The van der Waals surface area contributed by atoms with E-state index in [0.717, 1.165) is 16.9 Å². The topological polar surface area (TPSA) is 44.5 Å². The Morgan fingerprint density at radius 3 is 2.68 bits per heavy atom. The summed E-state index contributed by atoms with van der Waals surface area (Å²) in [6, 6.07) is 6.20. The summed E-state index contributed by atoms with van der Waals surface area (Å²) in [5.41, 5.74) is 8.19. The molecule has 1 aromatic carbocycles. The minimum absolute atomic E-state index is 0.0425. The second-order valence-corrected chi connectivity index (χ2v) is 5.31. The molecule has 1 atom stereocenters. The number of rotatable bonds is 6. The first-order valence-corrected chi connectivity index (χ1v) is 7.33. The fourth-order valence-electron chi connectivity index (χ4n) is 2.55. The van der Waals surface area contributed by atoms with Crippen LogP contribution in [0.15, 0.2) is 18.2 Å². The summed E-state index contributed by atoms with van der Waals surface area (Å²) in [7, 11) is 0. The molecule has 0 heterocycles. The van der Waals surface area contributed by atoms with Crippen molar-refractivity contribution in [2.45, 2.75) is 58.3 Å². The van der Waals surface area contributed by atoms with Gasteiger partial charge in [-0.1, -0.05) is 18.9 Å². The molecule has 0 saturated heterocycles. The molecule has 1 fully saturated rings. The highest BCUT2D eigenvalue weighted by Crippen LogP contribution is 2.27. The quantitative estimate of drug-likeness (QED) is 0.853. The SMILES string of the molecule is CCOc1ccc(C(C)N)cc1COC1CCCC1. The van der Waals surface area contributed by atoms with Crippen molar-refractivity contribution in [3.63, 3.8) is 0 Å². The second-order valence-electron chi connectivity index (χ2n) is 5.31. The molecule has 0 aliphatic heterocycles. The molecule has 1 aliphatic rings. The Hall–Kier alpha value is -1.06. The van der Waals surface area contributed by atoms with Crippen LogP contribution in [0.1, 0.15) is 56.7 Å². The molecule has 0 aromatic heterocycles. The third-order valence-electron chi connectivity index (χ3n) is 3.69. The standard InChI is InChI=1S/C16H25NO2/c1-3-18-16-9-8-13(12(2)17)10-14(16)11-19-15-6-4-5-7-15/h8-10,12,15H,3-7,11,17H2,1-2H3. The van der Waals surface area contributed by atoms with Crippen LogP contribution < -0.4 is 10.5 Å². The van der Waals surface area contributed by atoms with Gasteiger partial charge in [-0.3, -0.25) is 0 Å². The maximum atomic E-state index is 5.99. The fourth-order valence-corrected chi connectivity index (χ4v) is 2.55. The van der Waals surface area contributed by atoms with Crippen LogP contribution >= 0.6 is 0 Å². The molecule has 1 aromatic rings. The molecule has 2 N–H and O–H groups in total. The first kappa shape index (κ1) is 14.4. The molecule has 0 bridgehead atoms. The van der Waals surface area contributed by atoms with Gasteiger partial charge in [0, 0.05) is 11.6 Å². The van der Waals surface area contributed by atoms with E-state index < -0.39 is 0 Å². The van der Waals surface area contributed by atoms with Gasteiger partial charge in [0.05, 0.1) is 19.3 Å². The average molecular weight is 263 g/mol. The van der Waals surface area contributed by atoms with Gasteiger partial charge in [0.1, 0.15) is 5.75 Å². The summed E-state index contributed by atoms with van der Waals surface area (Å²) in [4.78, 5) is 0. The summed E-state index contributed by atoms with van der Waals surface area (Å²) >= 11 is 0. The van der Waals surface area contributed by atoms with Crippen molar-refractivity contribution in [1.29, 1.82) is 0 Å². The minimum Gasteiger partial charge on any atom is -0.494 e. The summed E-state index contributed by atoms with van der Waals surface area (Å²) in [6.07, 6.45) is 5.40. The number of benzene rings is 1. The molecule has 3 nitrogen and oxygen atoms in total. The van der Waals surface area contributed by atoms with Gasteiger partial charge in [0.25, 0.3) is 0 Å². The van der Waals surface area contributed by atoms with Crippen molar-refractivity contribution in [2.75, 3.05) is 6.61 Å². The molecule has 3 heteroatoms. The first-order valence-electron chi connectivity index (χ1n) is 7.33. The van der Waals surface area contributed by atoms with Crippen molar-refractivity contribution in [3.8, 4) is 5.75 Å². The Morgan fingerprint density at radius 2 is 2.05 bits per heavy atom. The number of ether oxygens (including phenoxy) is 2. The smallest absolute Gasteiger partial charge is 0.124 e. The minimum atomic E-state index is 0.0425. The molecule has 1 saturated carbocycles. The Kier molecular flexibility index (Phi) is 5.23. The molecule has 1 aliphatic carbocycles. The highest BCUT2D eigenvalue weighted by Gasteiger charge is 2.16. The molecule has 0 spiro atoms. The van der Waals surface area contributed by atoms with Crippen LogP contribution in [0.5, 0.6) is 5.75 Å². The molecule has 106 valence electrons. The molecule has 2 rings (SSSR count). The average Bonchev–Trinajstić information content (AvgIpc) is 2.90. The lowest BCUT2D eigenvalue weighted by atomic mass is 10.1. The van der Waals surface area contributed by atoms with E-state index in [9.17, 15) is 0 Å². The second kappa shape index (κ2) is 6.92. The largest absolute Gasteiger partial charge is 0.494 e. The third kappa shape index (κ3) is 3.95. The Bertz CT molecular complexity index is 398. The number of nitrogens with two attached hydrogens (primary N) is 1. The van der Waals surface area contributed by atoms with E-state index in [1.165, 1.54) is 25.7 Å². The van der Waals surface area contributed by atoms with Gasteiger partial charge < -0.3 is 15.2 Å². The summed E-state index contributed by atoms with van der Waals surface area (Å²) in [5.74, 6) is 0.921. The third-order valence-corrected chi connectivity index (χ3v) is 3.69. The summed E-state index contributed by atoms with van der Waals surface area (Å²) in [5, 5.41) is 0. The van der Waals surface area contributed by atoms with E-state index in [-0.39, 0.29) is 6.04 Å². The summed E-state index contributed by atoms with van der Waals surface area (Å²) in [6.45, 7) is 5.30.